The van der Waals surface area contributed by atoms with Crippen molar-refractivity contribution in [3.8, 4) is 0 Å². The molecule has 7 heteroatoms. The van der Waals surface area contributed by atoms with Gasteiger partial charge in [0.25, 0.3) is 0 Å². The summed E-state index contributed by atoms with van der Waals surface area (Å²) in [4.78, 5) is 11.1. The molecule has 2 rings (SSSR count). The van der Waals surface area contributed by atoms with E-state index in [0.717, 1.165) is 18.4 Å². The van der Waals surface area contributed by atoms with E-state index in [4.69, 9.17) is 14.6 Å². The Hall–Kier alpha value is -1.67. The van der Waals surface area contributed by atoms with E-state index in [9.17, 15) is 9.90 Å². The zero-order chi connectivity index (χ0) is 20.6. The lowest BCUT2D eigenvalue weighted by atomic mass is 9.86. The molecule has 0 saturated carbocycles. The molecule has 1 aromatic carbocycles. The standard InChI is InChI=1S/C21H34N2O5/c1-20(2,9-10-21(3)27-11-12-28-21)15-22-14-18(24)17(23-19(25)26)13-16-7-5-4-6-8-16/h4-8,17-18,22-24H,9-15H2,1-3H3,(H,25,26)/t17-,18-/m0/s1. The number of ether oxygens (including phenoxy) is 2. The molecule has 0 aliphatic carbocycles. The van der Waals surface area contributed by atoms with Crippen LogP contribution < -0.4 is 10.6 Å². The van der Waals surface area contributed by atoms with Crippen molar-refractivity contribution in [2.45, 2.75) is 58.0 Å². The van der Waals surface area contributed by atoms with Gasteiger partial charge in [-0.15, -0.1) is 0 Å². The van der Waals surface area contributed by atoms with Crippen molar-refractivity contribution in [3.05, 3.63) is 35.9 Å². The second-order valence-corrected chi connectivity index (χ2v) is 8.44. The molecular formula is C21H34N2O5. The van der Waals surface area contributed by atoms with Crippen LogP contribution in [0.5, 0.6) is 0 Å². The van der Waals surface area contributed by atoms with Crippen molar-refractivity contribution in [3.63, 3.8) is 0 Å². The summed E-state index contributed by atoms with van der Waals surface area (Å²) in [6.07, 6.45) is 0.192. The zero-order valence-electron chi connectivity index (χ0n) is 17.1. The third-order valence-corrected chi connectivity index (χ3v) is 5.18. The van der Waals surface area contributed by atoms with E-state index >= 15 is 0 Å². The predicted octanol–water partition coefficient (Wildman–Crippen LogP) is 2.39. The summed E-state index contributed by atoms with van der Waals surface area (Å²) in [6, 6.07) is 8.98. The number of aliphatic hydroxyl groups excluding tert-OH is 1. The third kappa shape index (κ3) is 7.75. The molecule has 0 aromatic heterocycles. The second-order valence-electron chi connectivity index (χ2n) is 8.44. The van der Waals surface area contributed by atoms with Crippen molar-refractivity contribution >= 4 is 6.09 Å². The molecule has 1 aromatic rings. The fraction of sp³-hybridized carbons (Fsp3) is 0.667. The average molecular weight is 395 g/mol. The molecule has 0 radical (unpaired) electrons. The Labute approximate surface area is 167 Å². The fourth-order valence-electron chi connectivity index (χ4n) is 3.37. The first kappa shape index (κ1) is 22.6. The highest BCUT2D eigenvalue weighted by molar-refractivity contribution is 5.65. The van der Waals surface area contributed by atoms with E-state index in [1.54, 1.807) is 0 Å². The molecule has 1 aliphatic rings. The van der Waals surface area contributed by atoms with Gasteiger partial charge in [0, 0.05) is 19.5 Å². The van der Waals surface area contributed by atoms with Crippen molar-refractivity contribution in [2.24, 2.45) is 5.41 Å². The normalized spacial score (nSPS) is 18.6. The van der Waals surface area contributed by atoms with Gasteiger partial charge in [-0.2, -0.15) is 0 Å². The van der Waals surface area contributed by atoms with E-state index in [-0.39, 0.29) is 5.41 Å². The Balaban J connectivity index is 1.80. The number of rotatable bonds is 11. The highest BCUT2D eigenvalue weighted by atomic mass is 16.7. The Morgan fingerprint density at radius 1 is 1.25 bits per heavy atom. The average Bonchev–Trinajstić information content (AvgIpc) is 3.07. The molecule has 1 heterocycles. The van der Waals surface area contributed by atoms with Gasteiger partial charge in [-0.05, 0) is 30.7 Å². The van der Waals surface area contributed by atoms with E-state index < -0.39 is 24.0 Å². The second kappa shape index (κ2) is 10.2. The first-order valence-electron chi connectivity index (χ1n) is 9.89. The van der Waals surface area contributed by atoms with Crippen LogP contribution in [-0.4, -0.2) is 60.5 Å². The smallest absolute Gasteiger partial charge is 0.404 e. The fourth-order valence-corrected chi connectivity index (χ4v) is 3.37. The third-order valence-electron chi connectivity index (χ3n) is 5.18. The Bertz CT molecular complexity index is 602. The van der Waals surface area contributed by atoms with E-state index in [0.29, 0.717) is 32.7 Å². The van der Waals surface area contributed by atoms with Crippen molar-refractivity contribution < 1.29 is 24.5 Å². The molecule has 0 bridgehead atoms. The van der Waals surface area contributed by atoms with Gasteiger partial charge in [0.15, 0.2) is 5.79 Å². The SMILES string of the molecule is CC(C)(CCC1(C)OCCO1)CNC[C@H](O)[C@H](Cc1ccccc1)NC(=O)O. The van der Waals surface area contributed by atoms with Crippen LogP contribution in [0.15, 0.2) is 30.3 Å². The lowest BCUT2D eigenvalue weighted by Crippen LogP contribution is -2.49. The van der Waals surface area contributed by atoms with Crippen molar-refractivity contribution in [1.82, 2.24) is 10.6 Å². The van der Waals surface area contributed by atoms with Crippen molar-refractivity contribution in [2.75, 3.05) is 26.3 Å². The van der Waals surface area contributed by atoms with Crippen LogP contribution in [0.2, 0.25) is 0 Å². The maximum absolute atomic E-state index is 11.1. The number of aliphatic hydroxyl groups is 1. The quantitative estimate of drug-likeness (QED) is 0.460. The summed E-state index contributed by atoms with van der Waals surface area (Å²) in [7, 11) is 0. The topological polar surface area (TPSA) is 100 Å². The summed E-state index contributed by atoms with van der Waals surface area (Å²) in [5.41, 5.74) is 0.971. The molecule has 158 valence electrons. The van der Waals surface area contributed by atoms with Gasteiger partial charge in [-0.25, -0.2) is 4.79 Å². The first-order chi connectivity index (χ1) is 13.2. The number of nitrogens with one attached hydrogen (secondary N) is 2. The van der Waals surface area contributed by atoms with Crippen LogP contribution >= 0.6 is 0 Å². The minimum absolute atomic E-state index is 0.00675. The van der Waals surface area contributed by atoms with Crippen LogP contribution in [0.1, 0.15) is 39.2 Å². The summed E-state index contributed by atoms with van der Waals surface area (Å²) >= 11 is 0. The minimum atomic E-state index is -1.13. The van der Waals surface area contributed by atoms with Gasteiger partial charge in [0.05, 0.1) is 25.4 Å². The number of carboxylic acid groups (broad SMARTS) is 1. The van der Waals surface area contributed by atoms with Gasteiger partial charge in [-0.3, -0.25) is 0 Å². The zero-order valence-corrected chi connectivity index (χ0v) is 17.1. The molecule has 4 N–H and O–H groups in total. The van der Waals surface area contributed by atoms with Crippen molar-refractivity contribution in [1.29, 1.82) is 0 Å². The maximum Gasteiger partial charge on any atom is 0.404 e. The van der Waals surface area contributed by atoms with Gasteiger partial charge < -0.3 is 30.3 Å². The maximum atomic E-state index is 11.1. The van der Waals surface area contributed by atoms with E-state index in [2.05, 4.69) is 24.5 Å². The highest BCUT2D eigenvalue weighted by Gasteiger charge is 2.33. The lowest BCUT2D eigenvalue weighted by molar-refractivity contribution is -0.151. The number of hydrogen-bond acceptors (Lipinski definition) is 5. The van der Waals surface area contributed by atoms with Gasteiger partial charge in [0.1, 0.15) is 0 Å². The van der Waals surface area contributed by atoms with Gasteiger partial charge in [-0.1, -0.05) is 44.2 Å². The lowest BCUT2D eigenvalue weighted by Gasteiger charge is -2.31. The molecule has 28 heavy (non-hydrogen) atoms. The predicted molar refractivity (Wildman–Crippen MR) is 107 cm³/mol. The van der Waals surface area contributed by atoms with E-state index in [1.807, 2.05) is 37.3 Å². The first-order valence-corrected chi connectivity index (χ1v) is 9.89. The molecule has 0 spiro atoms. The van der Waals surface area contributed by atoms with Gasteiger partial charge >= 0.3 is 6.09 Å². The Morgan fingerprint density at radius 3 is 2.50 bits per heavy atom. The molecular weight excluding hydrogens is 360 g/mol. The molecule has 1 fully saturated rings. The Morgan fingerprint density at radius 2 is 1.89 bits per heavy atom. The van der Waals surface area contributed by atoms with Crippen LogP contribution in [0, 0.1) is 5.41 Å². The molecule has 2 atom stereocenters. The molecule has 1 amide bonds. The number of carbonyl (C=O) groups is 1. The van der Waals surface area contributed by atoms with E-state index in [1.165, 1.54) is 0 Å². The summed E-state index contributed by atoms with van der Waals surface area (Å²) in [5.74, 6) is -0.497. The molecule has 1 aliphatic heterocycles. The summed E-state index contributed by atoms with van der Waals surface area (Å²) in [5, 5.41) is 25.4. The van der Waals surface area contributed by atoms with Crippen LogP contribution in [0.25, 0.3) is 0 Å². The molecule has 7 nitrogen and oxygen atoms in total. The van der Waals surface area contributed by atoms with Gasteiger partial charge in [0.2, 0.25) is 0 Å². The number of benzene rings is 1. The van der Waals surface area contributed by atoms with Crippen LogP contribution in [0.3, 0.4) is 0 Å². The van der Waals surface area contributed by atoms with Crippen LogP contribution in [0.4, 0.5) is 4.79 Å². The summed E-state index contributed by atoms with van der Waals surface area (Å²) < 4.78 is 11.3. The Kier molecular flexibility index (Phi) is 8.24. The van der Waals surface area contributed by atoms with Crippen LogP contribution in [-0.2, 0) is 15.9 Å². The number of hydrogen-bond donors (Lipinski definition) is 4. The largest absolute Gasteiger partial charge is 0.465 e. The monoisotopic (exact) mass is 394 g/mol. The summed E-state index contributed by atoms with van der Waals surface area (Å²) in [6.45, 7) is 8.57. The highest BCUT2D eigenvalue weighted by Crippen LogP contribution is 2.30. The molecule has 1 saturated heterocycles. The minimum Gasteiger partial charge on any atom is -0.465 e. The number of amides is 1. The molecule has 0 unspecified atom stereocenters.